The van der Waals surface area contributed by atoms with Crippen LogP contribution < -0.4 is 4.74 Å². The second-order valence-corrected chi connectivity index (χ2v) is 8.60. The predicted molar refractivity (Wildman–Crippen MR) is 122 cm³/mol. The summed E-state index contributed by atoms with van der Waals surface area (Å²) in [5.74, 6) is 0.376. The van der Waals surface area contributed by atoms with Gasteiger partial charge in [-0.05, 0) is 35.7 Å². The van der Waals surface area contributed by atoms with Crippen LogP contribution in [0.2, 0.25) is 0 Å². The average Bonchev–Trinajstić information content (AvgIpc) is 3.01. The number of hydrogen-bond acceptors (Lipinski definition) is 3. The van der Waals surface area contributed by atoms with Crippen LogP contribution in [0.25, 0.3) is 0 Å². The molecule has 3 nitrogen and oxygen atoms in total. The lowest BCUT2D eigenvalue weighted by Crippen LogP contribution is -2.37. The van der Waals surface area contributed by atoms with Crippen molar-refractivity contribution in [3.05, 3.63) is 101 Å². The molecule has 174 valence electrons. The van der Waals surface area contributed by atoms with Crippen LogP contribution in [0.1, 0.15) is 47.6 Å². The Bertz CT molecular complexity index is 1000. The van der Waals surface area contributed by atoms with Crippen LogP contribution >= 0.6 is 0 Å². The van der Waals surface area contributed by atoms with Crippen molar-refractivity contribution in [1.82, 2.24) is 4.90 Å². The fourth-order valence-electron chi connectivity index (χ4n) is 4.53. The molecule has 2 unspecified atom stereocenters. The summed E-state index contributed by atoms with van der Waals surface area (Å²) in [6.45, 7) is 2.68. The van der Waals surface area contributed by atoms with E-state index in [4.69, 9.17) is 4.74 Å². The zero-order chi connectivity index (χ0) is 23.4. The topological polar surface area (TPSA) is 32.7 Å². The summed E-state index contributed by atoms with van der Waals surface area (Å²) < 4.78 is 44.7. The summed E-state index contributed by atoms with van der Waals surface area (Å²) in [7, 11) is 0. The van der Waals surface area contributed by atoms with Crippen molar-refractivity contribution in [3.63, 3.8) is 0 Å². The second kappa shape index (κ2) is 9.98. The van der Waals surface area contributed by atoms with Crippen molar-refractivity contribution in [3.8, 4) is 5.75 Å². The van der Waals surface area contributed by atoms with Gasteiger partial charge >= 0.3 is 6.18 Å². The number of aliphatic hydroxyl groups is 1. The maximum Gasteiger partial charge on any atom is 0.390 e. The van der Waals surface area contributed by atoms with Crippen molar-refractivity contribution in [2.75, 3.05) is 13.2 Å². The van der Waals surface area contributed by atoms with Crippen molar-refractivity contribution in [1.29, 1.82) is 0 Å². The standard InChI is InChI=1S/C27H28F3NO2/c1-19(17-27(28,29)30)31-14-15-33-24-13-12-22(16-23(24)18-31)26(32)25(20-8-4-2-5-9-20)21-10-6-3-7-11-21/h2-13,16,19,25-26,32H,14-15,17-18H2,1H3. The van der Waals surface area contributed by atoms with Gasteiger partial charge in [0.2, 0.25) is 0 Å². The Hall–Kier alpha value is -2.83. The summed E-state index contributed by atoms with van der Waals surface area (Å²) in [5, 5.41) is 11.5. The Balaban J connectivity index is 1.64. The maximum absolute atomic E-state index is 12.9. The number of hydrogen-bond donors (Lipinski definition) is 1. The first-order valence-electron chi connectivity index (χ1n) is 11.2. The molecule has 2 atom stereocenters. The molecular formula is C27H28F3NO2. The smallest absolute Gasteiger partial charge is 0.390 e. The third kappa shape index (κ3) is 5.75. The largest absolute Gasteiger partial charge is 0.492 e. The quantitative estimate of drug-likeness (QED) is 0.488. The van der Waals surface area contributed by atoms with Gasteiger partial charge in [0.1, 0.15) is 12.4 Å². The molecule has 0 bridgehead atoms. The highest BCUT2D eigenvalue weighted by Crippen LogP contribution is 2.38. The molecule has 1 heterocycles. The molecule has 0 aliphatic carbocycles. The van der Waals surface area contributed by atoms with Gasteiger partial charge in [-0.15, -0.1) is 0 Å². The SMILES string of the molecule is CC(CC(F)(F)F)N1CCOc2ccc(C(O)C(c3ccccc3)c3ccccc3)cc2C1. The van der Waals surface area contributed by atoms with E-state index in [1.165, 1.54) is 0 Å². The summed E-state index contributed by atoms with van der Waals surface area (Å²) in [6, 6.07) is 24.5. The Morgan fingerprint density at radius 2 is 1.52 bits per heavy atom. The number of nitrogens with zero attached hydrogens (tertiary/aromatic N) is 1. The zero-order valence-electron chi connectivity index (χ0n) is 18.5. The lowest BCUT2D eigenvalue weighted by Gasteiger charge is -2.28. The van der Waals surface area contributed by atoms with Crippen LogP contribution in [-0.4, -0.2) is 35.4 Å². The number of alkyl halides is 3. The van der Waals surface area contributed by atoms with Crippen LogP contribution in [-0.2, 0) is 6.54 Å². The molecule has 3 aromatic carbocycles. The summed E-state index contributed by atoms with van der Waals surface area (Å²) in [5.41, 5.74) is 3.48. The number of halogens is 3. The van der Waals surface area contributed by atoms with Gasteiger partial charge in [0.05, 0.1) is 12.5 Å². The molecule has 1 aliphatic rings. The first-order valence-corrected chi connectivity index (χ1v) is 11.2. The van der Waals surface area contributed by atoms with Crippen LogP contribution in [0.5, 0.6) is 5.75 Å². The van der Waals surface area contributed by atoms with Gasteiger partial charge in [0.15, 0.2) is 0 Å². The molecule has 0 aromatic heterocycles. The number of rotatable bonds is 6. The minimum absolute atomic E-state index is 0.280. The van der Waals surface area contributed by atoms with E-state index in [1.54, 1.807) is 11.8 Å². The van der Waals surface area contributed by atoms with E-state index in [9.17, 15) is 18.3 Å². The molecule has 1 N–H and O–H groups in total. The Labute approximate surface area is 192 Å². The van der Waals surface area contributed by atoms with Gasteiger partial charge in [-0.3, -0.25) is 4.90 Å². The fraction of sp³-hybridized carbons (Fsp3) is 0.333. The first-order chi connectivity index (χ1) is 15.8. The normalized spacial score (nSPS) is 16.5. The van der Waals surface area contributed by atoms with E-state index in [1.807, 2.05) is 78.9 Å². The lowest BCUT2D eigenvalue weighted by atomic mass is 9.83. The summed E-state index contributed by atoms with van der Waals surface area (Å²) in [4.78, 5) is 1.79. The van der Waals surface area contributed by atoms with Gasteiger partial charge in [-0.25, -0.2) is 0 Å². The van der Waals surface area contributed by atoms with Gasteiger partial charge < -0.3 is 9.84 Å². The Morgan fingerprint density at radius 3 is 2.09 bits per heavy atom. The van der Waals surface area contributed by atoms with Gasteiger partial charge in [0, 0.05) is 30.6 Å². The van der Waals surface area contributed by atoms with Crippen LogP contribution in [0.4, 0.5) is 13.2 Å². The van der Waals surface area contributed by atoms with E-state index in [2.05, 4.69) is 0 Å². The highest BCUT2D eigenvalue weighted by atomic mass is 19.4. The zero-order valence-corrected chi connectivity index (χ0v) is 18.5. The summed E-state index contributed by atoms with van der Waals surface area (Å²) in [6.07, 6.45) is -5.91. The monoisotopic (exact) mass is 455 g/mol. The number of ether oxygens (including phenoxy) is 1. The molecule has 6 heteroatoms. The molecule has 0 saturated heterocycles. The third-order valence-corrected chi connectivity index (χ3v) is 6.22. The van der Waals surface area contributed by atoms with Crippen molar-refractivity contribution >= 4 is 0 Å². The molecule has 33 heavy (non-hydrogen) atoms. The second-order valence-electron chi connectivity index (χ2n) is 8.60. The van der Waals surface area contributed by atoms with Gasteiger partial charge in [0.25, 0.3) is 0 Å². The van der Waals surface area contributed by atoms with Crippen LogP contribution in [0.3, 0.4) is 0 Å². The van der Waals surface area contributed by atoms with Crippen molar-refractivity contribution in [2.24, 2.45) is 0 Å². The number of fused-ring (bicyclic) bond motifs is 1. The minimum atomic E-state index is -4.22. The molecule has 3 aromatic rings. The fourth-order valence-corrected chi connectivity index (χ4v) is 4.53. The van der Waals surface area contributed by atoms with Crippen molar-refractivity contribution in [2.45, 2.75) is 44.1 Å². The van der Waals surface area contributed by atoms with E-state index in [0.29, 0.717) is 31.0 Å². The molecule has 0 spiro atoms. The third-order valence-electron chi connectivity index (χ3n) is 6.22. The van der Waals surface area contributed by atoms with E-state index in [0.717, 1.165) is 16.7 Å². The number of aliphatic hydroxyl groups excluding tert-OH is 1. The number of benzene rings is 3. The molecule has 1 aliphatic heterocycles. The Morgan fingerprint density at radius 1 is 0.909 bits per heavy atom. The highest BCUT2D eigenvalue weighted by Gasteiger charge is 2.33. The molecule has 0 amide bonds. The molecule has 0 saturated carbocycles. The Kier molecular flexibility index (Phi) is 7.05. The molecular weight excluding hydrogens is 427 g/mol. The molecule has 0 radical (unpaired) electrons. The molecule has 0 fully saturated rings. The van der Waals surface area contributed by atoms with Crippen molar-refractivity contribution < 1.29 is 23.0 Å². The minimum Gasteiger partial charge on any atom is -0.492 e. The maximum atomic E-state index is 12.9. The molecule has 4 rings (SSSR count). The summed E-state index contributed by atoms with van der Waals surface area (Å²) >= 11 is 0. The van der Waals surface area contributed by atoms with Crippen LogP contribution in [0, 0.1) is 0 Å². The lowest BCUT2D eigenvalue weighted by molar-refractivity contribution is -0.146. The van der Waals surface area contributed by atoms with E-state index < -0.39 is 24.7 Å². The average molecular weight is 456 g/mol. The van der Waals surface area contributed by atoms with E-state index >= 15 is 0 Å². The van der Waals surface area contributed by atoms with Crippen LogP contribution in [0.15, 0.2) is 78.9 Å². The highest BCUT2D eigenvalue weighted by molar-refractivity contribution is 5.42. The van der Waals surface area contributed by atoms with Gasteiger partial charge in [-0.2, -0.15) is 13.2 Å². The predicted octanol–water partition coefficient (Wildman–Crippen LogP) is 6.09. The van der Waals surface area contributed by atoms with E-state index in [-0.39, 0.29) is 5.92 Å². The van der Waals surface area contributed by atoms with Gasteiger partial charge in [-0.1, -0.05) is 66.7 Å². The first kappa shape index (κ1) is 23.3.